The number of hydrogen-bond donors (Lipinski definition) is 1. The number of para-hydroxylation sites is 2. The minimum Gasteiger partial charge on any atom is -0.383 e. The first kappa shape index (κ1) is 20.3. The standard InChI is InChI=1S/C21H22N4O4S/c1-15-7-3-4-8-16(15)23-21(26)20-18-13-24(11-12-29-2)30(27,28)19-10-6-5-9-17(19)25(18)14-22-20/h3-10,14H,11-13H2,1-2H3,(H,23,26). The highest BCUT2D eigenvalue weighted by Gasteiger charge is 2.34. The molecule has 0 aliphatic carbocycles. The van der Waals surface area contributed by atoms with Crippen molar-refractivity contribution in [3.63, 3.8) is 0 Å². The van der Waals surface area contributed by atoms with E-state index in [9.17, 15) is 13.2 Å². The van der Waals surface area contributed by atoms with E-state index < -0.39 is 10.0 Å². The number of nitrogens with zero attached hydrogens (tertiary/aromatic N) is 3. The van der Waals surface area contributed by atoms with Crippen LogP contribution in [0.4, 0.5) is 5.69 Å². The molecule has 0 radical (unpaired) electrons. The fraction of sp³-hybridized carbons (Fsp3) is 0.238. The van der Waals surface area contributed by atoms with Crippen LogP contribution in [0.15, 0.2) is 59.8 Å². The first-order chi connectivity index (χ1) is 14.4. The van der Waals surface area contributed by atoms with Crippen LogP contribution < -0.4 is 5.32 Å². The van der Waals surface area contributed by atoms with Gasteiger partial charge in [-0.2, -0.15) is 4.31 Å². The molecular weight excluding hydrogens is 404 g/mol. The second kappa shape index (κ2) is 8.02. The molecule has 2 aromatic carbocycles. The Morgan fingerprint density at radius 2 is 1.90 bits per heavy atom. The van der Waals surface area contributed by atoms with Gasteiger partial charge in [-0.3, -0.25) is 9.36 Å². The van der Waals surface area contributed by atoms with Crippen molar-refractivity contribution in [2.75, 3.05) is 25.6 Å². The van der Waals surface area contributed by atoms with E-state index in [0.29, 0.717) is 17.1 Å². The zero-order chi connectivity index (χ0) is 21.3. The van der Waals surface area contributed by atoms with Crippen LogP contribution in [0.25, 0.3) is 5.69 Å². The molecule has 0 fully saturated rings. The quantitative estimate of drug-likeness (QED) is 0.677. The summed E-state index contributed by atoms with van der Waals surface area (Å²) in [7, 11) is -2.25. The van der Waals surface area contributed by atoms with E-state index in [1.54, 1.807) is 28.8 Å². The lowest BCUT2D eigenvalue weighted by Crippen LogP contribution is -2.33. The lowest BCUT2D eigenvalue weighted by Gasteiger charge is -2.20. The molecule has 0 saturated heterocycles. The fourth-order valence-electron chi connectivity index (χ4n) is 3.47. The molecule has 1 aliphatic heterocycles. The van der Waals surface area contributed by atoms with Gasteiger partial charge < -0.3 is 10.1 Å². The second-order valence-electron chi connectivity index (χ2n) is 6.98. The first-order valence-electron chi connectivity index (χ1n) is 9.45. The monoisotopic (exact) mass is 426 g/mol. The van der Waals surface area contributed by atoms with E-state index >= 15 is 0 Å². The Morgan fingerprint density at radius 1 is 1.17 bits per heavy atom. The number of imidazole rings is 1. The number of aromatic nitrogens is 2. The van der Waals surface area contributed by atoms with Crippen LogP contribution in [0.5, 0.6) is 0 Å². The van der Waals surface area contributed by atoms with Gasteiger partial charge >= 0.3 is 0 Å². The Kier molecular flexibility index (Phi) is 5.42. The van der Waals surface area contributed by atoms with Gasteiger partial charge in [-0.25, -0.2) is 13.4 Å². The molecule has 8 nitrogen and oxygen atoms in total. The molecule has 3 aromatic rings. The van der Waals surface area contributed by atoms with E-state index in [4.69, 9.17) is 4.74 Å². The normalized spacial score (nSPS) is 15.1. The van der Waals surface area contributed by atoms with Crippen molar-refractivity contribution < 1.29 is 17.9 Å². The number of benzene rings is 2. The number of rotatable bonds is 5. The lowest BCUT2D eigenvalue weighted by atomic mass is 10.2. The number of ether oxygens (including phenoxy) is 1. The van der Waals surface area contributed by atoms with Gasteiger partial charge in [0.25, 0.3) is 5.91 Å². The van der Waals surface area contributed by atoms with E-state index in [0.717, 1.165) is 5.56 Å². The number of aryl methyl sites for hydroxylation is 1. The van der Waals surface area contributed by atoms with Crippen LogP contribution in [0.2, 0.25) is 0 Å². The zero-order valence-corrected chi connectivity index (χ0v) is 17.5. The van der Waals surface area contributed by atoms with Gasteiger partial charge in [-0.05, 0) is 30.7 Å². The van der Waals surface area contributed by atoms with Crippen molar-refractivity contribution in [3.05, 3.63) is 71.8 Å². The maximum absolute atomic E-state index is 13.2. The van der Waals surface area contributed by atoms with Gasteiger partial charge in [-0.1, -0.05) is 30.3 Å². The van der Waals surface area contributed by atoms with E-state index in [-0.39, 0.29) is 36.2 Å². The summed E-state index contributed by atoms with van der Waals surface area (Å²) in [5.41, 5.74) is 2.76. The van der Waals surface area contributed by atoms with Crippen LogP contribution in [0, 0.1) is 6.92 Å². The molecular formula is C21H22N4O4S. The van der Waals surface area contributed by atoms with Crippen LogP contribution in [-0.4, -0.2) is 48.4 Å². The summed E-state index contributed by atoms with van der Waals surface area (Å²) in [6.45, 7) is 2.31. The molecule has 0 saturated carbocycles. The number of fused-ring (bicyclic) bond motifs is 3. The Balaban J connectivity index is 1.80. The first-order valence-corrected chi connectivity index (χ1v) is 10.9. The number of methoxy groups -OCH3 is 1. The van der Waals surface area contributed by atoms with Gasteiger partial charge in [-0.15, -0.1) is 0 Å². The van der Waals surface area contributed by atoms with Gasteiger partial charge in [0.2, 0.25) is 10.0 Å². The zero-order valence-electron chi connectivity index (χ0n) is 16.7. The summed E-state index contributed by atoms with van der Waals surface area (Å²) >= 11 is 0. The number of carbonyl (C=O) groups is 1. The molecule has 9 heteroatoms. The molecule has 156 valence electrons. The summed E-state index contributed by atoms with van der Waals surface area (Å²) in [4.78, 5) is 17.5. The predicted molar refractivity (Wildman–Crippen MR) is 112 cm³/mol. The number of hydrogen-bond acceptors (Lipinski definition) is 5. The van der Waals surface area contributed by atoms with Crippen molar-refractivity contribution in [1.29, 1.82) is 0 Å². The number of sulfonamides is 1. The third-order valence-electron chi connectivity index (χ3n) is 5.09. The van der Waals surface area contributed by atoms with Gasteiger partial charge in [0.1, 0.15) is 11.2 Å². The average Bonchev–Trinajstić information content (AvgIpc) is 3.12. The minimum absolute atomic E-state index is 0.0108. The topological polar surface area (TPSA) is 93.5 Å². The highest BCUT2D eigenvalue weighted by molar-refractivity contribution is 7.89. The Hall–Kier alpha value is -3.01. The number of carbonyl (C=O) groups excluding carboxylic acids is 1. The van der Waals surface area contributed by atoms with Crippen molar-refractivity contribution in [3.8, 4) is 5.69 Å². The van der Waals surface area contributed by atoms with Crippen molar-refractivity contribution in [2.45, 2.75) is 18.4 Å². The molecule has 30 heavy (non-hydrogen) atoms. The van der Waals surface area contributed by atoms with Crippen LogP contribution in [0.1, 0.15) is 21.7 Å². The Morgan fingerprint density at radius 3 is 2.67 bits per heavy atom. The molecule has 1 aliphatic rings. The summed E-state index contributed by atoms with van der Waals surface area (Å²) in [6.07, 6.45) is 1.50. The second-order valence-corrected chi connectivity index (χ2v) is 8.88. The summed E-state index contributed by atoms with van der Waals surface area (Å²) in [6, 6.07) is 14.2. The van der Waals surface area contributed by atoms with Crippen molar-refractivity contribution >= 4 is 21.6 Å². The van der Waals surface area contributed by atoms with E-state index in [1.165, 1.54) is 17.7 Å². The third kappa shape index (κ3) is 3.51. The average molecular weight is 426 g/mol. The predicted octanol–water partition coefficient (Wildman–Crippen LogP) is 2.58. The highest BCUT2D eigenvalue weighted by Crippen LogP contribution is 2.31. The lowest BCUT2D eigenvalue weighted by molar-refractivity contribution is 0.102. The third-order valence-corrected chi connectivity index (χ3v) is 6.98. The van der Waals surface area contributed by atoms with Crippen molar-refractivity contribution in [1.82, 2.24) is 13.9 Å². The van der Waals surface area contributed by atoms with Gasteiger partial charge in [0.05, 0.1) is 24.5 Å². The SMILES string of the molecule is COCCN1Cc2c(C(=O)Nc3ccccc3C)ncn2-c2ccccc2S1(=O)=O. The number of amides is 1. The molecule has 0 unspecified atom stereocenters. The molecule has 0 bridgehead atoms. The smallest absolute Gasteiger partial charge is 0.276 e. The number of anilines is 1. The fourth-order valence-corrected chi connectivity index (χ4v) is 5.04. The molecule has 4 rings (SSSR count). The molecule has 1 amide bonds. The maximum atomic E-state index is 13.2. The molecule has 2 heterocycles. The summed E-state index contributed by atoms with van der Waals surface area (Å²) in [5, 5.41) is 2.88. The van der Waals surface area contributed by atoms with E-state index in [1.807, 2.05) is 31.2 Å². The molecule has 1 N–H and O–H groups in total. The Labute approximate surface area is 175 Å². The minimum atomic E-state index is -3.76. The van der Waals surface area contributed by atoms with Crippen LogP contribution in [-0.2, 0) is 21.3 Å². The van der Waals surface area contributed by atoms with Crippen LogP contribution >= 0.6 is 0 Å². The number of nitrogens with one attached hydrogen (secondary N) is 1. The molecule has 0 atom stereocenters. The molecule has 1 aromatic heterocycles. The van der Waals surface area contributed by atoms with Gasteiger partial charge in [0.15, 0.2) is 5.69 Å². The van der Waals surface area contributed by atoms with Crippen molar-refractivity contribution in [2.24, 2.45) is 0 Å². The van der Waals surface area contributed by atoms with E-state index in [2.05, 4.69) is 10.3 Å². The van der Waals surface area contributed by atoms with Crippen LogP contribution in [0.3, 0.4) is 0 Å². The largest absolute Gasteiger partial charge is 0.383 e. The Bertz CT molecular complexity index is 1200. The van der Waals surface area contributed by atoms with Gasteiger partial charge in [0, 0.05) is 19.3 Å². The maximum Gasteiger partial charge on any atom is 0.276 e. The molecule has 0 spiro atoms. The summed E-state index contributed by atoms with van der Waals surface area (Å²) in [5.74, 6) is -0.387. The highest BCUT2D eigenvalue weighted by atomic mass is 32.2. The summed E-state index contributed by atoms with van der Waals surface area (Å²) < 4.78 is 34.6.